The minimum atomic E-state index is -0.540. The molecule has 0 bridgehead atoms. The molecule has 96 valence electrons. The SMILES string of the molecule is CN=C[C@]1(c2cccc(OC)c2)CCCCC1=O. The third kappa shape index (κ3) is 2.17. The molecule has 0 heterocycles. The van der Waals surface area contributed by atoms with E-state index in [9.17, 15) is 4.79 Å². The lowest BCUT2D eigenvalue weighted by atomic mass is 9.69. The zero-order valence-electron chi connectivity index (χ0n) is 11.0. The lowest BCUT2D eigenvalue weighted by Gasteiger charge is -2.32. The van der Waals surface area contributed by atoms with Crippen LogP contribution in [0, 0.1) is 0 Å². The van der Waals surface area contributed by atoms with Crippen LogP contribution in [0.15, 0.2) is 29.3 Å². The Balaban J connectivity index is 2.48. The summed E-state index contributed by atoms with van der Waals surface area (Å²) in [6.07, 6.45) is 5.35. The minimum absolute atomic E-state index is 0.271. The number of hydrogen-bond donors (Lipinski definition) is 0. The fourth-order valence-corrected chi connectivity index (χ4v) is 2.69. The van der Waals surface area contributed by atoms with Gasteiger partial charge in [0.2, 0.25) is 0 Å². The molecule has 3 nitrogen and oxygen atoms in total. The van der Waals surface area contributed by atoms with Gasteiger partial charge in [-0.2, -0.15) is 0 Å². The highest BCUT2D eigenvalue weighted by Crippen LogP contribution is 2.36. The Morgan fingerprint density at radius 1 is 1.39 bits per heavy atom. The molecule has 1 atom stereocenters. The molecule has 1 aromatic rings. The highest BCUT2D eigenvalue weighted by molar-refractivity contribution is 6.06. The zero-order chi connectivity index (χ0) is 13.0. The summed E-state index contributed by atoms with van der Waals surface area (Å²) in [6, 6.07) is 7.77. The van der Waals surface area contributed by atoms with Crippen LogP contribution in [-0.2, 0) is 10.2 Å². The number of carbonyl (C=O) groups is 1. The van der Waals surface area contributed by atoms with Crippen molar-refractivity contribution in [3.8, 4) is 5.75 Å². The van der Waals surface area contributed by atoms with Crippen molar-refractivity contribution < 1.29 is 9.53 Å². The van der Waals surface area contributed by atoms with E-state index in [-0.39, 0.29) is 5.78 Å². The van der Waals surface area contributed by atoms with Gasteiger partial charge in [0, 0.05) is 19.7 Å². The van der Waals surface area contributed by atoms with Crippen LogP contribution in [0.2, 0.25) is 0 Å². The lowest BCUT2D eigenvalue weighted by molar-refractivity contribution is -0.123. The topological polar surface area (TPSA) is 38.7 Å². The van der Waals surface area contributed by atoms with Crippen LogP contribution in [-0.4, -0.2) is 26.2 Å². The Hall–Kier alpha value is -1.64. The summed E-state index contributed by atoms with van der Waals surface area (Å²) >= 11 is 0. The van der Waals surface area contributed by atoms with Gasteiger partial charge in [-0.3, -0.25) is 9.79 Å². The highest BCUT2D eigenvalue weighted by atomic mass is 16.5. The zero-order valence-corrected chi connectivity index (χ0v) is 11.0. The van der Waals surface area contributed by atoms with Crippen LogP contribution in [0.4, 0.5) is 0 Å². The molecule has 0 spiro atoms. The van der Waals surface area contributed by atoms with Gasteiger partial charge in [0.1, 0.15) is 11.5 Å². The molecule has 0 saturated heterocycles. The van der Waals surface area contributed by atoms with Gasteiger partial charge < -0.3 is 4.74 Å². The molecule has 1 fully saturated rings. The molecule has 2 rings (SSSR count). The van der Waals surface area contributed by atoms with Crippen molar-refractivity contribution in [2.45, 2.75) is 31.1 Å². The fraction of sp³-hybridized carbons (Fsp3) is 0.467. The summed E-state index contributed by atoms with van der Waals surface area (Å²) < 4.78 is 5.25. The van der Waals surface area contributed by atoms with Gasteiger partial charge in [-0.15, -0.1) is 0 Å². The van der Waals surface area contributed by atoms with Gasteiger partial charge in [0.15, 0.2) is 0 Å². The van der Waals surface area contributed by atoms with E-state index in [0.717, 1.165) is 30.6 Å². The minimum Gasteiger partial charge on any atom is -0.497 e. The number of ketones is 1. The predicted octanol–water partition coefficient (Wildman–Crippen LogP) is 2.78. The van der Waals surface area contributed by atoms with Crippen LogP contribution < -0.4 is 4.74 Å². The third-order valence-electron chi connectivity index (χ3n) is 3.66. The Morgan fingerprint density at radius 3 is 2.89 bits per heavy atom. The van der Waals surface area contributed by atoms with Crippen molar-refractivity contribution in [3.63, 3.8) is 0 Å². The van der Waals surface area contributed by atoms with Crippen LogP contribution in [0.25, 0.3) is 0 Å². The molecule has 18 heavy (non-hydrogen) atoms. The molecular weight excluding hydrogens is 226 g/mol. The van der Waals surface area contributed by atoms with E-state index in [2.05, 4.69) is 4.99 Å². The number of methoxy groups -OCH3 is 1. The van der Waals surface area contributed by atoms with Gasteiger partial charge in [-0.05, 0) is 30.5 Å². The Labute approximate surface area is 108 Å². The molecule has 1 aliphatic rings. The van der Waals surface area contributed by atoms with Crippen molar-refractivity contribution in [2.24, 2.45) is 4.99 Å². The molecule has 0 unspecified atom stereocenters. The highest BCUT2D eigenvalue weighted by Gasteiger charge is 2.40. The fourth-order valence-electron chi connectivity index (χ4n) is 2.69. The molecule has 0 aliphatic heterocycles. The van der Waals surface area contributed by atoms with Crippen molar-refractivity contribution in [1.82, 2.24) is 0 Å². The number of Topliss-reactive ketones (excluding diaryl/α,β-unsaturated/α-hetero) is 1. The molecule has 3 heteroatoms. The quantitative estimate of drug-likeness (QED) is 0.768. The second kappa shape index (κ2) is 5.34. The van der Waals surface area contributed by atoms with Gasteiger partial charge in [-0.1, -0.05) is 18.6 Å². The van der Waals surface area contributed by atoms with E-state index in [1.807, 2.05) is 30.5 Å². The molecule has 0 N–H and O–H groups in total. The average Bonchev–Trinajstić information content (AvgIpc) is 2.42. The van der Waals surface area contributed by atoms with Crippen LogP contribution >= 0.6 is 0 Å². The summed E-state index contributed by atoms with van der Waals surface area (Å²) in [7, 11) is 3.37. The molecule has 1 aliphatic carbocycles. The summed E-state index contributed by atoms with van der Waals surface area (Å²) in [5, 5.41) is 0. The average molecular weight is 245 g/mol. The first-order valence-corrected chi connectivity index (χ1v) is 6.34. The maximum atomic E-state index is 12.4. The number of aliphatic imine (C=N–C) groups is 1. The molecule has 0 radical (unpaired) electrons. The molecule has 1 saturated carbocycles. The van der Waals surface area contributed by atoms with E-state index >= 15 is 0 Å². The summed E-state index contributed by atoms with van der Waals surface area (Å²) in [4.78, 5) is 16.5. The number of carbonyl (C=O) groups excluding carboxylic acids is 1. The molecule has 1 aromatic carbocycles. The van der Waals surface area contributed by atoms with Crippen LogP contribution in [0.1, 0.15) is 31.2 Å². The van der Waals surface area contributed by atoms with Crippen LogP contribution in [0.5, 0.6) is 5.75 Å². The van der Waals surface area contributed by atoms with Crippen molar-refractivity contribution in [3.05, 3.63) is 29.8 Å². The molecule has 0 aromatic heterocycles. The number of ether oxygens (including phenoxy) is 1. The van der Waals surface area contributed by atoms with E-state index in [0.29, 0.717) is 6.42 Å². The van der Waals surface area contributed by atoms with Crippen molar-refractivity contribution in [2.75, 3.05) is 14.2 Å². The Bertz CT molecular complexity index is 467. The smallest absolute Gasteiger partial charge is 0.148 e. The maximum absolute atomic E-state index is 12.4. The second-order valence-corrected chi connectivity index (χ2v) is 4.72. The standard InChI is InChI=1S/C15H19NO2/c1-16-11-15(9-4-3-8-14(15)17)12-6-5-7-13(10-12)18-2/h5-7,10-11H,3-4,8-9H2,1-2H3/t15-/m0/s1. The number of hydrogen-bond acceptors (Lipinski definition) is 3. The van der Waals surface area contributed by atoms with E-state index in [1.54, 1.807) is 14.2 Å². The largest absolute Gasteiger partial charge is 0.497 e. The van der Waals surface area contributed by atoms with E-state index in [1.165, 1.54) is 0 Å². The van der Waals surface area contributed by atoms with Crippen LogP contribution in [0.3, 0.4) is 0 Å². The normalized spacial score (nSPS) is 24.4. The summed E-state index contributed by atoms with van der Waals surface area (Å²) in [5.41, 5.74) is 0.457. The first-order valence-electron chi connectivity index (χ1n) is 6.34. The van der Waals surface area contributed by atoms with Gasteiger partial charge in [-0.25, -0.2) is 0 Å². The maximum Gasteiger partial charge on any atom is 0.148 e. The number of rotatable bonds is 3. The second-order valence-electron chi connectivity index (χ2n) is 4.72. The monoisotopic (exact) mass is 245 g/mol. The van der Waals surface area contributed by atoms with Crippen molar-refractivity contribution in [1.29, 1.82) is 0 Å². The number of nitrogens with zero attached hydrogens (tertiary/aromatic N) is 1. The van der Waals surface area contributed by atoms with Gasteiger partial charge in [0.05, 0.1) is 12.5 Å². The first kappa shape index (κ1) is 12.8. The van der Waals surface area contributed by atoms with Crippen molar-refractivity contribution >= 4 is 12.0 Å². The number of benzene rings is 1. The van der Waals surface area contributed by atoms with Gasteiger partial charge >= 0.3 is 0 Å². The summed E-state index contributed by atoms with van der Waals surface area (Å²) in [6.45, 7) is 0. The predicted molar refractivity (Wildman–Crippen MR) is 72.6 cm³/mol. The molecular formula is C15H19NO2. The van der Waals surface area contributed by atoms with E-state index in [4.69, 9.17) is 4.74 Å². The Morgan fingerprint density at radius 2 is 2.22 bits per heavy atom. The lowest BCUT2D eigenvalue weighted by Crippen LogP contribution is -2.40. The molecule has 0 amide bonds. The van der Waals surface area contributed by atoms with E-state index < -0.39 is 5.41 Å². The summed E-state index contributed by atoms with van der Waals surface area (Å²) in [5.74, 6) is 1.06. The third-order valence-corrected chi connectivity index (χ3v) is 3.66. The Kier molecular flexibility index (Phi) is 3.80. The first-order chi connectivity index (χ1) is 8.73. The van der Waals surface area contributed by atoms with Gasteiger partial charge in [0.25, 0.3) is 0 Å².